The normalized spacial score (nSPS) is 22.9. The van der Waals surface area contributed by atoms with Crippen LogP contribution in [0.5, 0.6) is 0 Å². The first kappa shape index (κ1) is 12.5. The number of rotatable bonds is 4. The van der Waals surface area contributed by atoms with Crippen LogP contribution in [0.2, 0.25) is 0 Å². The quantitative estimate of drug-likeness (QED) is 0.832. The average Bonchev–Trinajstić information content (AvgIpc) is 2.76. The molecule has 1 saturated heterocycles. The lowest BCUT2D eigenvalue weighted by Gasteiger charge is -2.25. The van der Waals surface area contributed by atoms with Gasteiger partial charge in [-0.2, -0.15) is 0 Å². The van der Waals surface area contributed by atoms with E-state index in [1.807, 2.05) is 0 Å². The van der Waals surface area contributed by atoms with Gasteiger partial charge in [0.05, 0.1) is 12.7 Å². The number of aliphatic hydroxyl groups excluding tert-OH is 2. The molecule has 1 aromatic carbocycles. The lowest BCUT2D eigenvalue weighted by atomic mass is 10.1. The summed E-state index contributed by atoms with van der Waals surface area (Å²) in [5.74, 6) is -0.332. The second kappa shape index (κ2) is 5.58. The average molecular weight is 239 g/mol. The summed E-state index contributed by atoms with van der Waals surface area (Å²) >= 11 is 0. The third kappa shape index (κ3) is 3.03. The van der Waals surface area contributed by atoms with Crippen molar-refractivity contribution in [3.8, 4) is 0 Å². The molecular weight excluding hydrogens is 221 g/mol. The van der Waals surface area contributed by atoms with Crippen LogP contribution in [0.1, 0.15) is 24.5 Å². The molecule has 0 unspecified atom stereocenters. The van der Waals surface area contributed by atoms with E-state index in [-0.39, 0.29) is 18.5 Å². The highest BCUT2D eigenvalue weighted by Gasteiger charge is 2.25. The summed E-state index contributed by atoms with van der Waals surface area (Å²) in [4.78, 5) is 2.07. The van der Waals surface area contributed by atoms with E-state index in [0.29, 0.717) is 12.1 Å². The molecule has 0 amide bonds. The summed E-state index contributed by atoms with van der Waals surface area (Å²) in [6, 6.07) is 6.18. The molecule has 1 aliphatic heterocycles. The fourth-order valence-electron chi connectivity index (χ4n) is 2.38. The van der Waals surface area contributed by atoms with Crippen molar-refractivity contribution < 1.29 is 14.6 Å². The predicted molar refractivity (Wildman–Crippen MR) is 63.0 cm³/mol. The van der Waals surface area contributed by atoms with Crippen LogP contribution in [0.25, 0.3) is 0 Å². The third-order valence-corrected chi connectivity index (χ3v) is 3.35. The van der Waals surface area contributed by atoms with Crippen molar-refractivity contribution in [2.45, 2.75) is 25.0 Å². The zero-order valence-electron chi connectivity index (χ0n) is 9.72. The Bertz CT molecular complexity index is 372. The second-order valence-electron chi connectivity index (χ2n) is 4.54. The van der Waals surface area contributed by atoms with Crippen LogP contribution in [-0.4, -0.2) is 40.9 Å². The molecule has 2 atom stereocenters. The van der Waals surface area contributed by atoms with Gasteiger partial charge < -0.3 is 10.2 Å². The van der Waals surface area contributed by atoms with E-state index in [2.05, 4.69) is 4.90 Å². The van der Waals surface area contributed by atoms with Gasteiger partial charge in [-0.25, -0.2) is 4.39 Å². The number of halogens is 1. The van der Waals surface area contributed by atoms with Crippen molar-refractivity contribution in [1.82, 2.24) is 4.90 Å². The molecule has 1 aromatic rings. The summed E-state index contributed by atoms with van der Waals surface area (Å²) in [6.07, 6.45) is 1.31. The summed E-state index contributed by atoms with van der Waals surface area (Å²) in [6.45, 7) is 1.46. The second-order valence-corrected chi connectivity index (χ2v) is 4.54. The number of hydrogen-bond donors (Lipinski definition) is 2. The maximum Gasteiger partial charge on any atom is 0.123 e. The van der Waals surface area contributed by atoms with Crippen LogP contribution in [0.4, 0.5) is 4.39 Å². The van der Waals surface area contributed by atoms with Crippen LogP contribution in [0.15, 0.2) is 24.3 Å². The van der Waals surface area contributed by atoms with Crippen LogP contribution in [-0.2, 0) is 0 Å². The Balaban J connectivity index is 1.99. The van der Waals surface area contributed by atoms with E-state index >= 15 is 0 Å². The molecule has 0 aromatic heterocycles. The first-order chi connectivity index (χ1) is 8.20. The summed E-state index contributed by atoms with van der Waals surface area (Å²) < 4.78 is 13.0. The van der Waals surface area contributed by atoms with Gasteiger partial charge in [-0.1, -0.05) is 12.1 Å². The first-order valence-electron chi connectivity index (χ1n) is 5.99. The Morgan fingerprint density at radius 1 is 1.47 bits per heavy atom. The van der Waals surface area contributed by atoms with Crippen LogP contribution in [0, 0.1) is 5.82 Å². The van der Waals surface area contributed by atoms with Gasteiger partial charge in [-0.05, 0) is 37.1 Å². The molecule has 94 valence electrons. The molecule has 0 spiro atoms. The van der Waals surface area contributed by atoms with Crippen molar-refractivity contribution in [3.05, 3.63) is 35.6 Å². The summed E-state index contributed by atoms with van der Waals surface area (Å²) in [5, 5.41) is 19.2. The third-order valence-electron chi connectivity index (χ3n) is 3.35. The Kier molecular flexibility index (Phi) is 4.10. The molecule has 3 nitrogen and oxygen atoms in total. The SMILES string of the molecule is OC[C@H]1CCCN1C[C@H](O)c1cccc(F)c1. The number of benzene rings is 1. The molecule has 2 N–H and O–H groups in total. The van der Waals surface area contributed by atoms with Gasteiger partial charge in [0.2, 0.25) is 0 Å². The molecule has 0 aliphatic carbocycles. The van der Waals surface area contributed by atoms with E-state index in [4.69, 9.17) is 0 Å². The maximum absolute atomic E-state index is 13.0. The van der Waals surface area contributed by atoms with Crippen molar-refractivity contribution in [3.63, 3.8) is 0 Å². The van der Waals surface area contributed by atoms with Crippen LogP contribution >= 0.6 is 0 Å². The molecule has 1 heterocycles. The molecule has 1 fully saturated rings. The van der Waals surface area contributed by atoms with Gasteiger partial charge in [0.1, 0.15) is 5.82 Å². The highest BCUT2D eigenvalue weighted by atomic mass is 19.1. The standard InChI is InChI=1S/C13H18FNO2/c14-11-4-1-3-10(7-11)13(17)8-15-6-2-5-12(15)9-16/h1,3-4,7,12-13,16-17H,2,5-6,8-9H2/t12-,13+/m1/s1. The number of hydrogen-bond acceptors (Lipinski definition) is 3. The van der Waals surface area contributed by atoms with Gasteiger partial charge in [-0.3, -0.25) is 4.90 Å². The Morgan fingerprint density at radius 3 is 3.00 bits per heavy atom. The Morgan fingerprint density at radius 2 is 2.29 bits per heavy atom. The fourth-order valence-corrected chi connectivity index (χ4v) is 2.38. The zero-order valence-corrected chi connectivity index (χ0v) is 9.72. The van der Waals surface area contributed by atoms with E-state index < -0.39 is 6.10 Å². The van der Waals surface area contributed by atoms with E-state index in [0.717, 1.165) is 19.4 Å². The maximum atomic E-state index is 13.0. The minimum absolute atomic E-state index is 0.121. The summed E-state index contributed by atoms with van der Waals surface area (Å²) in [7, 11) is 0. The highest BCUT2D eigenvalue weighted by Crippen LogP contribution is 2.22. The van der Waals surface area contributed by atoms with E-state index in [1.54, 1.807) is 12.1 Å². The minimum atomic E-state index is -0.696. The monoisotopic (exact) mass is 239 g/mol. The van der Waals surface area contributed by atoms with Gasteiger partial charge in [-0.15, -0.1) is 0 Å². The van der Waals surface area contributed by atoms with Gasteiger partial charge in [0.25, 0.3) is 0 Å². The molecule has 0 radical (unpaired) electrons. The highest BCUT2D eigenvalue weighted by molar-refractivity contribution is 5.19. The smallest absolute Gasteiger partial charge is 0.123 e. The van der Waals surface area contributed by atoms with Crippen molar-refractivity contribution in [2.24, 2.45) is 0 Å². The minimum Gasteiger partial charge on any atom is -0.395 e. The molecular formula is C13H18FNO2. The fraction of sp³-hybridized carbons (Fsp3) is 0.538. The van der Waals surface area contributed by atoms with Gasteiger partial charge in [0.15, 0.2) is 0 Å². The first-order valence-corrected chi connectivity index (χ1v) is 5.99. The van der Waals surface area contributed by atoms with Crippen molar-refractivity contribution >= 4 is 0 Å². The number of β-amino-alcohol motifs (C(OH)–C–C–N with tert-alkyl or cyclic N) is 1. The Labute approximate surface area is 100 Å². The zero-order chi connectivity index (χ0) is 12.3. The lowest BCUT2D eigenvalue weighted by Crippen LogP contribution is -2.35. The Hall–Kier alpha value is -0.970. The predicted octanol–water partition coefficient (Wildman–Crippen LogP) is 1.32. The van der Waals surface area contributed by atoms with Crippen molar-refractivity contribution in [1.29, 1.82) is 0 Å². The lowest BCUT2D eigenvalue weighted by molar-refractivity contribution is 0.0849. The molecule has 4 heteroatoms. The molecule has 2 rings (SSSR count). The summed E-state index contributed by atoms with van der Waals surface area (Å²) in [5.41, 5.74) is 0.591. The number of nitrogens with zero attached hydrogens (tertiary/aromatic N) is 1. The number of aliphatic hydroxyl groups is 2. The van der Waals surface area contributed by atoms with Crippen LogP contribution in [0.3, 0.4) is 0 Å². The van der Waals surface area contributed by atoms with E-state index in [9.17, 15) is 14.6 Å². The van der Waals surface area contributed by atoms with Crippen molar-refractivity contribution in [2.75, 3.05) is 19.7 Å². The molecule has 17 heavy (non-hydrogen) atoms. The van der Waals surface area contributed by atoms with Crippen LogP contribution < -0.4 is 0 Å². The molecule has 0 saturated carbocycles. The van der Waals surface area contributed by atoms with E-state index in [1.165, 1.54) is 12.1 Å². The molecule has 0 bridgehead atoms. The topological polar surface area (TPSA) is 43.7 Å². The van der Waals surface area contributed by atoms with Gasteiger partial charge in [0, 0.05) is 12.6 Å². The number of likely N-dealkylation sites (tertiary alicyclic amines) is 1. The largest absolute Gasteiger partial charge is 0.395 e. The molecule has 1 aliphatic rings. The van der Waals surface area contributed by atoms with Gasteiger partial charge >= 0.3 is 0 Å².